The third kappa shape index (κ3) is 62.7. The number of unbranched alkanes of at least 4 members (excludes halogenated alkanes) is 27. The zero-order valence-electron chi connectivity index (χ0n) is 50.9. The van der Waals surface area contributed by atoms with Crippen molar-refractivity contribution in [2.45, 2.75) is 303 Å². The standard InChI is InChI=1S/C72H120O6/c1-4-7-10-13-16-19-22-25-28-31-33-35-36-38-39-41-44-47-50-53-56-59-62-65-71(74)77-68-69(67-76-70(73)64-61-58-55-52-49-46-43-30-27-24-21-18-15-12-9-6-3)78-72(75)66-63-60-57-54-51-48-45-42-40-37-34-32-29-26-23-20-17-14-11-8-5-2/h7,10,16,19,23,25-26,28,32-35,38-40,42,44,47,53,56,69H,4-6,8-9,11-15,17-18,20-22,24,27,29-31,36-37,41,43,45-46,48-52,54-55,57-68H2,1-3H3/b10-7-,19-16-,26-23-,28-25-,34-32-,35-33-,39-38-,42-40-,47-44-,56-53-. The molecule has 0 aliphatic heterocycles. The van der Waals surface area contributed by atoms with Gasteiger partial charge in [0.25, 0.3) is 0 Å². The van der Waals surface area contributed by atoms with Crippen molar-refractivity contribution in [3.8, 4) is 0 Å². The van der Waals surface area contributed by atoms with Crippen molar-refractivity contribution in [3.63, 3.8) is 0 Å². The highest BCUT2D eigenvalue weighted by Gasteiger charge is 2.19. The molecule has 6 nitrogen and oxygen atoms in total. The summed E-state index contributed by atoms with van der Waals surface area (Å²) in [6.07, 6.45) is 90.6. The van der Waals surface area contributed by atoms with Crippen LogP contribution in [-0.2, 0) is 28.6 Å². The van der Waals surface area contributed by atoms with Crippen molar-refractivity contribution in [2.24, 2.45) is 0 Å². The fraction of sp³-hybridized carbons (Fsp3) is 0.681. The van der Waals surface area contributed by atoms with Crippen LogP contribution in [0.3, 0.4) is 0 Å². The Morgan fingerprint density at radius 2 is 0.513 bits per heavy atom. The van der Waals surface area contributed by atoms with Gasteiger partial charge in [-0.15, -0.1) is 0 Å². The molecule has 0 aliphatic carbocycles. The smallest absolute Gasteiger partial charge is 0.306 e. The molecule has 78 heavy (non-hydrogen) atoms. The molecule has 0 bridgehead atoms. The van der Waals surface area contributed by atoms with Gasteiger partial charge in [0, 0.05) is 19.3 Å². The van der Waals surface area contributed by atoms with Crippen molar-refractivity contribution < 1.29 is 28.6 Å². The van der Waals surface area contributed by atoms with Gasteiger partial charge >= 0.3 is 17.9 Å². The number of allylic oxidation sites excluding steroid dienone is 20. The van der Waals surface area contributed by atoms with Crippen LogP contribution in [0, 0.1) is 0 Å². The normalized spacial score (nSPS) is 12.9. The van der Waals surface area contributed by atoms with E-state index in [0.717, 1.165) is 116 Å². The first-order valence-electron chi connectivity index (χ1n) is 32.5. The molecule has 0 saturated carbocycles. The molecule has 0 aliphatic rings. The van der Waals surface area contributed by atoms with E-state index in [1.54, 1.807) is 0 Å². The van der Waals surface area contributed by atoms with Gasteiger partial charge in [0.2, 0.25) is 0 Å². The van der Waals surface area contributed by atoms with Crippen LogP contribution in [0.25, 0.3) is 0 Å². The number of ether oxygens (including phenoxy) is 3. The summed E-state index contributed by atoms with van der Waals surface area (Å²) in [5.74, 6) is -0.969. The van der Waals surface area contributed by atoms with E-state index in [2.05, 4.69) is 142 Å². The average molecular weight is 1080 g/mol. The molecule has 0 saturated heterocycles. The Hall–Kier alpha value is -4.19. The van der Waals surface area contributed by atoms with Crippen LogP contribution < -0.4 is 0 Å². The van der Waals surface area contributed by atoms with Crippen molar-refractivity contribution in [3.05, 3.63) is 122 Å². The molecular weight excluding hydrogens is 961 g/mol. The monoisotopic (exact) mass is 1080 g/mol. The average Bonchev–Trinajstić information content (AvgIpc) is 3.44. The molecule has 0 fully saturated rings. The van der Waals surface area contributed by atoms with Gasteiger partial charge in [-0.3, -0.25) is 14.4 Å². The minimum Gasteiger partial charge on any atom is -0.462 e. The molecule has 0 spiro atoms. The molecule has 0 aromatic heterocycles. The number of rotatable bonds is 58. The quantitative estimate of drug-likeness (QED) is 0.0261. The van der Waals surface area contributed by atoms with E-state index in [4.69, 9.17) is 14.2 Å². The van der Waals surface area contributed by atoms with E-state index < -0.39 is 6.10 Å². The van der Waals surface area contributed by atoms with E-state index in [1.165, 1.54) is 135 Å². The lowest BCUT2D eigenvalue weighted by atomic mass is 10.0. The van der Waals surface area contributed by atoms with Crippen LogP contribution in [0.15, 0.2) is 122 Å². The second-order valence-corrected chi connectivity index (χ2v) is 21.3. The van der Waals surface area contributed by atoms with Crippen LogP contribution in [0.2, 0.25) is 0 Å². The van der Waals surface area contributed by atoms with Gasteiger partial charge in [-0.25, -0.2) is 0 Å². The predicted molar refractivity (Wildman–Crippen MR) is 339 cm³/mol. The fourth-order valence-corrected chi connectivity index (χ4v) is 8.85. The summed E-state index contributed by atoms with van der Waals surface area (Å²) < 4.78 is 16.9. The molecule has 444 valence electrons. The summed E-state index contributed by atoms with van der Waals surface area (Å²) in [4.78, 5) is 38.3. The molecule has 0 aromatic rings. The van der Waals surface area contributed by atoms with Crippen LogP contribution in [0.1, 0.15) is 297 Å². The highest BCUT2D eigenvalue weighted by atomic mass is 16.6. The maximum absolute atomic E-state index is 12.9. The molecular formula is C72H120O6. The minimum atomic E-state index is -0.812. The van der Waals surface area contributed by atoms with Crippen LogP contribution in [0.5, 0.6) is 0 Å². The number of esters is 3. The van der Waals surface area contributed by atoms with Gasteiger partial charge in [-0.1, -0.05) is 290 Å². The SMILES string of the molecule is CC/C=C\C/C=C\C/C=C\C/C=C\C/C=C\C/C=C\C/C=C\CCCC(=O)OCC(COC(=O)CCCCCCCCCCCCCCCCCC)OC(=O)CCCCCCCC/C=C\C/C=C\C/C=C\CCCCCCC. The van der Waals surface area contributed by atoms with Gasteiger partial charge in [-0.2, -0.15) is 0 Å². The molecule has 0 radical (unpaired) electrons. The van der Waals surface area contributed by atoms with Gasteiger partial charge in [0.05, 0.1) is 0 Å². The summed E-state index contributed by atoms with van der Waals surface area (Å²) in [6, 6.07) is 0. The lowest BCUT2D eigenvalue weighted by Gasteiger charge is -2.18. The molecule has 0 aromatic carbocycles. The molecule has 1 unspecified atom stereocenters. The Balaban J connectivity index is 4.51. The Morgan fingerprint density at radius 3 is 0.833 bits per heavy atom. The third-order valence-corrected chi connectivity index (χ3v) is 13.7. The Bertz CT molecular complexity index is 1620. The van der Waals surface area contributed by atoms with E-state index in [0.29, 0.717) is 19.3 Å². The highest BCUT2D eigenvalue weighted by Crippen LogP contribution is 2.16. The van der Waals surface area contributed by atoms with Crippen molar-refractivity contribution >= 4 is 17.9 Å². The van der Waals surface area contributed by atoms with E-state index in [-0.39, 0.29) is 37.5 Å². The minimum absolute atomic E-state index is 0.102. The van der Waals surface area contributed by atoms with Crippen LogP contribution in [0.4, 0.5) is 0 Å². The fourth-order valence-electron chi connectivity index (χ4n) is 8.85. The molecule has 0 rings (SSSR count). The second-order valence-electron chi connectivity index (χ2n) is 21.3. The lowest BCUT2D eigenvalue weighted by molar-refractivity contribution is -0.167. The number of carbonyl (C=O) groups excluding carboxylic acids is 3. The summed E-state index contributed by atoms with van der Waals surface area (Å²) in [5.41, 5.74) is 0. The zero-order chi connectivity index (χ0) is 56.4. The molecule has 1 atom stereocenters. The number of hydrogen-bond donors (Lipinski definition) is 0. The summed E-state index contributed by atoms with van der Waals surface area (Å²) in [6.45, 7) is 6.48. The zero-order valence-corrected chi connectivity index (χ0v) is 50.9. The Morgan fingerprint density at radius 1 is 0.269 bits per heavy atom. The van der Waals surface area contributed by atoms with Gasteiger partial charge < -0.3 is 14.2 Å². The predicted octanol–water partition coefficient (Wildman–Crippen LogP) is 22.4. The maximum Gasteiger partial charge on any atom is 0.306 e. The summed E-state index contributed by atoms with van der Waals surface area (Å²) >= 11 is 0. The first kappa shape index (κ1) is 73.8. The van der Waals surface area contributed by atoms with Gasteiger partial charge in [0.15, 0.2) is 6.10 Å². The Kier molecular flexibility index (Phi) is 61.8. The van der Waals surface area contributed by atoms with E-state index in [1.807, 2.05) is 0 Å². The number of hydrogen-bond acceptors (Lipinski definition) is 6. The summed E-state index contributed by atoms with van der Waals surface area (Å²) in [5, 5.41) is 0. The lowest BCUT2D eigenvalue weighted by Crippen LogP contribution is -2.30. The largest absolute Gasteiger partial charge is 0.462 e. The Labute approximate surface area is 482 Å². The highest BCUT2D eigenvalue weighted by molar-refractivity contribution is 5.71. The molecule has 6 heteroatoms. The molecule has 0 N–H and O–H groups in total. The molecule has 0 amide bonds. The van der Waals surface area contributed by atoms with Gasteiger partial charge in [0.1, 0.15) is 13.2 Å². The topological polar surface area (TPSA) is 78.9 Å². The first-order valence-corrected chi connectivity index (χ1v) is 32.5. The second kappa shape index (κ2) is 65.3. The van der Waals surface area contributed by atoms with Crippen LogP contribution in [-0.4, -0.2) is 37.2 Å². The van der Waals surface area contributed by atoms with Crippen molar-refractivity contribution in [1.29, 1.82) is 0 Å². The first-order chi connectivity index (χ1) is 38.5. The van der Waals surface area contributed by atoms with Crippen molar-refractivity contribution in [1.82, 2.24) is 0 Å². The number of carbonyl (C=O) groups is 3. The summed E-state index contributed by atoms with van der Waals surface area (Å²) in [7, 11) is 0. The van der Waals surface area contributed by atoms with Crippen LogP contribution >= 0.6 is 0 Å². The maximum atomic E-state index is 12.9. The molecule has 0 heterocycles. The van der Waals surface area contributed by atoms with E-state index in [9.17, 15) is 14.4 Å². The van der Waals surface area contributed by atoms with Gasteiger partial charge in [-0.05, 0) is 109 Å². The van der Waals surface area contributed by atoms with Crippen molar-refractivity contribution in [2.75, 3.05) is 13.2 Å². The third-order valence-electron chi connectivity index (χ3n) is 13.7. The van der Waals surface area contributed by atoms with E-state index >= 15 is 0 Å².